The molecule has 9 heteroatoms. The van der Waals surface area contributed by atoms with Gasteiger partial charge in [-0.25, -0.2) is 0 Å². The highest BCUT2D eigenvalue weighted by Crippen LogP contribution is 2.39. The number of aliphatic carboxylic acids is 1. The van der Waals surface area contributed by atoms with E-state index in [4.69, 9.17) is 50.4 Å². The predicted octanol–water partition coefficient (Wildman–Crippen LogP) is 2.56. The minimum absolute atomic E-state index is 0.0215. The molecule has 0 heterocycles. The fourth-order valence-corrected chi connectivity index (χ4v) is 2.51. The van der Waals surface area contributed by atoms with Crippen LogP contribution in [0.15, 0.2) is 6.07 Å². The first-order valence-electron chi connectivity index (χ1n) is 5.57. The second-order valence-electron chi connectivity index (χ2n) is 3.93. The van der Waals surface area contributed by atoms with Crippen LogP contribution in [0.5, 0.6) is 5.75 Å². The molecule has 0 aliphatic heterocycles. The van der Waals surface area contributed by atoms with E-state index in [1.807, 2.05) is 0 Å². The molecule has 0 aromatic heterocycles. The van der Waals surface area contributed by atoms with Gasteiger partial charge in [-0.05, 0) is 6.07 Å². The quantitative estimate of drug-likeness (QED) is 0.732. The van der Waals surface area contributed by atoms with Crippen molar-refractivity contribution < 1.29 is 24.2 Å². The van der Waals surface area contributed by atoms with Crippen LogP contribution < -0.4 is 10.5 Å². The molecule has 114 valence electrons. The highest BCUT2D eigenvalue weighted by Gasteiger charge is 2.20. The molecular weight excluding hydrogens is 344 g/mol. The number of halogens is 3. The zero-order valence-electron chi connectivity index (χ0n) is 10.5. The first-order chi connectivity index (χ1) is 9.73. The maximum absolute atomic E-state index is 11.2. The number of rotatable bonds is 7. The normalized spacial score (nSPS) is 10.2. The first-order valence-corrected chi connectivity index (χ1v) is 6.71. The van der Waals surface area contributed by atoms with Crippen LogP contribution in [-0.2, 0) is 9.59 Å². The molecule has 0 saturated heterocycles. The summed E-state index contributed by atoms with van der Waals surface area (Å²) in [5.41, 5.74) is 5.00. The third-order valence-corrected chi connectivity index (χ3v) is 3.29. The fourth-order valence-electron chi connectivity index (χ4n) is 1.45. The summed E-state index contributed by atoms with van der Waals surface area (Å²) >= 11 is 17.6. The molecule has 3 N–H and O–H groups in total. The molecule has 1 rings (SSSR count). The van der Waals surface area contributed by atoms with E-state index in [0.29, 0.717) is 0 Å². The molecule has 1 amide bonds. The van der Waals surface area contributed by atoms with Crippen molar-refractivity contribution in [3.63, 3.8) is 0 Å². The molecule has 1 aromatic rings. The Morgan fingerprint density at radius 3 is 2.33 bits per heavy atom. The summed E-state index contributed by atoms with van der Waals surface area (Å²) in [5, 5.41) is 8.31. The van der Waals surface area contributed by atoms with Crippen LogP contribution in [0.1, 0.15) is 23.2 Å². The zero-order valence-corrected chi connectivity index (χ0v) is 12.8. The number of carboxylic acids is 1. The summed E-state index contributed by atoms with van der Waals surface area (Å²) in [5.74, 6) is -2.63. The molecule has 0 fully saturated rings. The maximum atomic E-state index is 11.2. The van der Waals surface area contributed by atoms with Crippen LogP contribution in [0.3, 0.4) is 0 Å². The summed E-state index contributed by atoms with van der Waals surface area (Å²) in [7, 11) is 0. The smallest absolute Gasteiger partial charge is 0.310 e. The molecule has 0 unspecified atom stereocenters. The standard InChI is InChI=1S/C12H10Cl3NO5/c13-6-4-7(14)11(10(15)9(6)12(16)20)21-2-1-5(17)3-8(18)19/h4H,1-3H2,(H2,16,20)(H,18,19). The van der Waals surface area contributed by atoms with Gasteiger partial charge in [0.05, 0.1) is 27.2 Å². The molecule has 0 saturated carbocycles. The molecule has 0 aliphatic carbocycles. The molecule has 21 heavy (non-hydrogen) atoms. The number of benzene rings is 1. The SMILES string of the molecule is NC(=O)c1c(Cl)cc(Cl)c(OCCC(=O)CC(=O)O)c1Cl. The van der Waals surface area contributed by atoms with Crippen molar-refractivity contribution in [1.29, 1.82) is 0 Å². The highest BCUT2D eigenvalue weighted by atomic mass is 35.5. The van der Waals surface area contributed by atoms with Crippen LogP contribution in [0.25, 0.3) is 0 Å². The van der Waals surface area contributed by atoms with Gasteiger partial charge >= 0.3 is 5.97 Å². The van der Waals surface area contributed by atoms with Gasteiger partial charge in [-0.3, -0.25) is 14.4 Å². The van der Waals surface area contributed by atoms with Crippen LogP contribution in [0.4, 0.5) is 0 Å². The van der Waals surface area contributed by atoms with Crippen molar-refractivity contribution in [3.8, 4) is 5.75 Å². The average Bonchev–Trinajstić information content (AvgIpc) is 2.31. The van der Waals surface area contributed by atoms with E-state index >= 15 is 0 Å². The summed E-state index contributed by atoms with van der Waals surface area (Å²) in [6.07, 6.45) is -0.745. The lowest BCUT2D eigenvalue weighted by molar-refractivity contribution is -0.140. The van der Waals surface area contributed by atoms with Gasteiger partial charge in [0.1, 0.15) is 12.2 Å². The Morgan fingerprint density at radius 2 is 1.81 bits per heavy atom. The lowest BCUT2D eigenvalue weighted by Gasteiger charge is -2.12. The third kappa shape index (κ3) is 4.77. The van der Waals surface area contributed by atoms with Gasteiger partial charge in [-0.15, -0.1) is 0 Å². The van der Waals surface area contributed by atoms with Crippen LogP contribution in [-0.4, -0.2) is 29.4 Å². The summed E-state index contributed by atoms with van der Waals surface area (Å²) in [6.45, 7) is -0.147. The van der Waals surface area contributed by atoms with Crippen LogP contribution >= 0.6 is 34.8 Å². The van der Waals surface area contributed by atoms with Gasteiger partial charge in [0, 0.05) is 6.42 Å². The Hall–Kier alpha value is -1.50. The molecule has 0 bridgehead atoms. The number of primary amides is 1. The summed E-state index contributed by atoms with van der Waals surface area (Å²) < 4.78 is 5.22. The zero-order chi connectivity index (χ0) is 16.2. The number of amides is 1. The number of ether oxygens (including phenoxy) is 1. The van der Waals surface area contributed by atoms with Crippen molar-refractivity contribution in [2.75, 3.05) is 6.61 Å². The average molecular weight is 355 g/mol. The van der Waals surface area contributed by atoms with Gasteiger partial charge in [-0.2, -0.15) is 0 Å². The number of carbonyl (C=O) groups is 3. The second kappa shape index (κ2) is 7.49. The van der Waals surface area contributed by atoms with Crippen molar-refractivity contribution in [2.24, 2.45) is 5.73 Å². The number of carbonyl (C=O) groups excluding carboxylic acids is 2. The van der Waals surface area contributed by atoms with E-state index < -0.39 is 24.1 Å². The predicted molar refractivity (Wildman–Crippen MR) is 77.4 cm³/mol. The van der Waals surface area contributed by atoms with Gasteiger partial charge in [0.25, 0.3) is 5.91 Å². The van der Waals surface area contributed by atoms with Gasteiger partial charge < -0.3 is 15.6 Å². The monoisotopic (exact) mass is 353 g/mol. The maximum Gasteiger partial charge on any atom is 0.310 e. The number of Topliss-reactive ketones (excluding diaryl/α,β-unsaturated/α-hetero) is 1. The molecule has 0 aliphatic rings. The van der Waals surface area contributed by atoms with Crippen LogP contribution in [0, 0.1) is 0 Å². The highest BCUT2D eigenvalue weighted by molar-refractivity contribution is 6.43. The Morgan fingerprint density at radius 1 is 1.19 bits per heavy atom. The minimum Gasteiger partial charge on any atom is -0.490 e. The third-order valence-electron chi connectivity index (χ3n) is 2.35. The Labute approximate surface area is 134 Å². The van der Waals surface area contributed by atoms with Gasteiger partial charge in [-0.1, -0.05) is 34.8 Å². The number of hydrogen-bond donors (Lipinski definition) is 2. The van der Waals surface area contributed by atoms with E-state index in [1.54, 1.807) is 0 Å². The molecular formula is C12H10Cl3NO5. The number of hydrogen-bond acceptors (Lipinski definition) is 4. The Kier molecular flexibility index (Phi) is 6.26. The first kappa shape index (κ1) is 17.6. The van der Waals surface area contributed by atoms with E-state index in [0.717, 1.165) is 0 Å². The molecule has 1 aromatic carbocycles. The van der Waals surface area contributed by atoms with Crippen molar-refractivity contribution in [1.82, 2.24) is 0 Å². The minimum atomic E-state index is -1.22. The number of nitrogens with two attached hydrogens (primary N) is 1. The van der Waals surface area contributed by atoms with Gasteiger partial charge in [0.15, 0.2) is 5.75 Å². The summed E-state index contributed by atoms with van der Waals surface area (Å²) in [6, 6.07) is 1.24. The lowest BCUT2D eigenvalue weighted by Crippen LogP contribution is -2.14. The molecule has 0 radical (unpaired) electrons. The van der Waals surface area contributed by atoms with E-state index in [-0.39, 0.29) is 39.4 Å². The fraction of sp³-hybridized carbons (Fsp3) is 0.250. The second-order valence-corrected chi connectivity index (χ2v) is 5.12. The topological polar surface area (TPSA) is 107 Å². The summed E-state index contributed by atoms with van der Waals surface area (Å²) in [4.78, 5) is 32.8. The van der Waals surface area contributed by atoms with E-state index in [1.165, 1.54) is 6.07 Å². The van der Waals surface area contributed by atoms with Crippen LogP contribution in [0.2, 0.25) is 15.1 Å². The molecule has 0 atom stereocenters. The van der Waals surface area contributed by atoms with E-state index in [2.05, 4.69) is 0 Å². The number of ketones is 1. The van der Waals surface area contributed by atoms with Crippen molar-refractivity contribution >= 4 is 52.5 Å². The number of carboxylic acid groups (broad SMARTS) is 1. The lowest BCUT2D eigenvalue weighted by atomic mass is 10.2. The Bertz CT molecular complexity index is 603. The molecule has 0 spiro atoms. The van der Waals surface area contributed by atoms with E-state index in [9.17, 15) is 14.4 Å². The van der Waals surface area contributed by atoms with Crippen molar-refractivity contribution in [3.05, 3.63) is 26.7 Å². The van der Waals surface area contributed by atoms with Crippen molar-refractivity contribution in [2.45, 2.75) is 12.8 Å². The molecule has 6 nitrogen and oxygen atoms in total. The largest absolute Gasteiger partial charge is 0.490 e. The Balaban J connectivity index is 2.85. The van der Waals surface area contributed by atoms with Gasteiger partial charge in [0.2, 0.25) is 0 Å².